The van der Waals surface area contributed by atoms with Gasteiger partial charge in [0, 0.05) is 53.7 Å². The average Bonchev–Trinajstić information content (AvgIpc) is 1.63. The third-order valence-corrected chi connectivity index (χ3v) is 22.9. The van der Waals surface area contributed by atoms with Crippen molar-refractivity contribution >= 4 is 11.6 Å². The highest BCUT2D eigenvalue weighted by Gasteiger charge is 2.61. The van der Waals surface area contributed by atoms with Crippen LogP contribution in [-0.2, 0) is 114 Å². The van der Waals surface area contributed by atoms with Crippen LogP contribution in [-0.4, -0.2) is 276 Å². The van der Waals surface area contributed by atoms with E-state index in [1.807, 2.05) is 192 Å². The highest BCUT2D eigenvalue weighted by atomic mass is 16.9. The smallest absolute Gasteiger partial charge is 0.190 e. The van der Waals surface area contributed by atoms with Crippen molar-refractivity contribution in [2.45, 2.75) is 393 Å². The monoisotopic (exact) mass is 1680 g/mol. The van der Waals surface area contributed by atoms with Gasteiger partial charge in [-0.3, -0.25) is 9.59 Å². The minimum atomic E-state index is -0.972. The summed E-state index contributed by atoms with van der Waals surface area (Å²) in [6.07, 6.45) is -5.25. The molecule has 15 aliphatic heterocycles. The highest BCUT2D eigenvalue weighted by molar-refractivity contribution is 5.94. The molecule has 2 aromatic rings. The van der Waals surface area contributed by atoms with Crippen LogP contribution in [0.4, 0.5) is 0 Å². The van der Waals surface area contributed by atoms with Gasteiger partial charge in [-0.25, -0.2) is 0 Å². The molecule has 0 saturated carbocycles. The normalized spacial score (nSPS) is 42.2. The molecule has 17 rings (SSSR count). The minimum Gasteiger partial charge on any atom is -0.394 e. The molecule has 7 unspecified atom stereocenters. The van der Waals surface area contributed by atoms with Crippen molar-refractivity contribution in [3.8, 4) is 0 Å². The molecule has 15 heterocycles. The molecule has 118 heavy (non-hydrogen) atoms. The maximum atomic E-state index is 10.6. The molecular formula is C86H140O32. The van der Waals surface area contributed by atoms with Crippen LogP contribution in [0.3, 0.4) is 0 Å². The Balaban J connectivity index is 0.000000153. The Morgan fingerprint density at radius 1 is 0.381 bits per heavy atom. The SMILES string of the molecule is CC(=O)c1ccccc1.CC(=O)c1ccccc1.CC1(C)O[C@H]2OC([C@@H]3COC(C)(C)O3)[C@H](O)[C@H]2O1.CCC1OC(O)[C@H](O)[C@H]1C.CCC1O[C@@H]2OC(C)(C)O[C@@H]2[C@H]1C.CO[C@H]1O[C@@H]2OC(C)(C)O[C@@H]2[C@H]1C.C[C@H]1C(CO)O[C@@H]2OC(C)(C)O[C@@H]21.C[C@H]1C([C@@H](O)CO)O[C@@H]2OC(C)(C)O[C@@H]21.C[C@H]1C([C@@H]2COC(C)(C)O2)O[C@@H]2OC(C)(C)O[C@@H]21. The van der Waals surface area contributed by atoms with Crippen LogP contribution in [0.1, 0.15) is 214 Å². The van der Waals surface area contributed by atoms with Gasteiger partial charge in [-0.2, -0.15) is 0 Å². The summed E-state index contributed by atoms with van der Waals surface area (Å²) >= 11 is 0. The van der Waals surface area contributed by atoms with E-state index in [1.54, 1.807) is 34.8 Å². The van der Waals surface area contributed by atoms with Gasteiger partial charge in [-0.1, -0.05) is 116 Å². The van der Waals surface area contributed by atoms with Crippen molar-refractivity contribution in [1.29, 1.82) is 0 Å². The lowest BCUT2D eigenvalue weighted by molar-refractivity contribution is -0.247. The molecule has 0 radical (unpaired) electrons. The zero-order chi connectivity index (χ0) is 87.5. The van der Waals surface area contributed by atoms with E-state index >= 15 is 0 Å². The van der Waals surface area contributed by atoms with Gasteiger partial charge < -0.3 is 144 Å². The van der Waals surface area contributed by atoms with E-state index in [0.29, 0.717) is 25.2 Å². The van der Waals surface area contributed by atoms with Crippen LogP contribution in [0.2, 0.25) is 0 Å². The molecule has 15 fully saturated rings. The predicted molar refractivity (Wildman–Crippen MR) is 421 cm³/mol. The molecular weight excluding hydrogens is 1540 g/mol. The predicted octanol–water partition coefficient (Wildman–Crippen LogP) is 9.27. The highest BCUT2D eigenvalue weighted by Crippen LogP contribution is 2.48. The number of hydrogen-bond donors (Lipinski definition) is 6. The number of ether oxygens (including phenoxy) is 24. The van der Waals surface area contributed by atoms with E-state index in [2.05, 4.69) is 20.8 Å². The summed E-state index contributed by atoms with van der Waals surface area (Å²) < 4.78 is 135. The van der Waals surface area contributed by atoms with Gasteiger partial charge in [-0.05, 0) is 137 Å². The van der Waals surface area contributed by atoms with Gasteiger partial charge in [0.1, 0.15) is 73.2 Å². The lowest BCUT2D eigenvalue weighted by atomic mass is 9.97. The first-order valence-corrected chi connectivity index (χ1v) is 41.8. The van der Waals surface area contributed by atoms with Gasteiger partial charge in [-0.15, -0.1) is 0 Å². The van der Waals surface area contributed by atoms with Crippen molar-refractivity contribution in [2.24, 2.45) is 35.5 Å². The molecule has 0 amide bonds. The van der Waals surface area contributed by atoms with Crippen LogP contribution < -0.4 is 0 Å². The molecule has 2 aromatic carbocycles. The zero-order valence-electron chi connectivity index (χ0n) is 74.2. The Morgan fingerprint density at radius 2 is 0.720 bits per heavy atom. The van der Waals surface area contributed by atoms with Crippen molar-refractivity contribution in [3.63, 3.8) is 0 Å². The fourth-order valence-electron chi connectivity index (χ4n) is 16.6. The number of ketones is 2. The number of Topliss-reactive ketones (excluding diaryl/α,β-unsaturated/α-hetero) is 2. The molecule has 31 atom stereocenters. The lowest BCUT2D eigenvalue weighted by Gasteiger charge is -2.27. The third kappa shape index (κ3) is 25.0. The summed E-state index contributed by atoms with van der Waals surface area (Å²) in [6.45, 7) is 50.1. The van der Waals surface area contributed by atoms with Crippen LogP contribution in [0, 0.1) is 35.5 Å². The van der Waals surface area contributed by atoms with Crippen LogP contribution in [0.5, 0.6) is 0 Å². The Kier molecular flexibility index (Phi) is 33.4. The van der Waals surface area contributed by atoms with E-state index in [4.69, 9.17) is 129 Å². The van der Waals surface area contributed by atoms with Crippen LogP contribution >= 0.6 is 0 Å². The first kappa shape index (κ1) is 98.4. The minimum absolute atomic E-state index is 0.0000463. The fourth-order valence-corrected chi connectivity index (χ4v) is 16.6. The number of rotatable bonds is 10. The summed E-state index contributed by atoms with van der Waals surface area (Å²) in [5, 5.41) is 55.8. The Bertz CT molecular complexity index is 3220. The van der Waals surface area contributed by atoms with E-state index in [0.717, 1.165) is 24.0 Å². The van der Waals surface area contributed by atoms with Crippen molar-refractivity contribution in [1.82, 2.24) is 0 Å². The number of methoxy groups -OCH3 is 1. The summed E-state index contributed by atoms with van der Waals surface area (Å²) in [5.74, 6) is -3.20. The second kappa shape index (κ2) is 40.1. The number of fused-ring (bicyclic) bond motifs is 6. The molecule has 676 valence electrons. The van der Waals surface area contributed by atoms with Crippen molar-refractivity contribution in [2.75, 3.05) is 33.5 Å². The molecule has 0 aromatic heterocycles. The Labute approximate surface area is 696 Å². The Hall–Kier alpha value is -3.42. The van der Waals surface area contributed by atoms with Gasteiger partial charge in [0.05, 0.1) is 56.9 Å². The van der Waals surface area contributed by atoms with Gasteiger partial charge in [0.25, 0.3) is 0 Å². The van der Waals surface area contributed by atoms with Crippen LogP contribution in [0.25, 0.3) is 0 Å². The van der Waals surface area contributed by atoms with E-state index in [-0.39, 0.29) is 147 Å². The van der Waals surface area contributed by atoms with E-state index in [1.165, 1.54) is 0 Å². The zero-order valence-corrected chi connectivity index (χ0v) is 74.2. The maximum Gasteiger partial charge on any atom is 0.190 e. The maximum absolute atomic E-state index is 10.6. The molecule has 0 spiro atoms. The molecule has 32 heteroatoms. The molecule has 32 nitrogen and oxygen atoms in total. The quantitative estimate of drug-likeness (QED) is 0.121. The summed E-state index contributed by atoms with van der Waals surface area (Å²) in [5.41, 5.74) is 1.55. The first-order valence-electron chi connectivity index (χ1n) is 41.8. The fraction of sp³-hybridized carbons (Fsp3) is 0.837. The molecule has 6 N–H and O–H groups in total. The summed E-state index contributed by atoms with van der Waals surface area (Å²) in [7, 11) is 1.63. The second-order valence-electron chi connectivity index (χ2n) is 36.2. The number of aliphatic hydroxyl groups is 6. The van der Waals surface area contributed by atoms with Crippen LogP contribution in [0.15, 0.2) is 60.7 Å². The van der Waals surface area contributed by atoms with E-state index in [9.17, 15) is 24.9 Å². The van der Waals surface area contributed by atoms with Gasteiger partial charge in [0.2, 0.25) is 0 Å². The lowest BCUT2D eigenvalue weighted by Crippen LogP contribution is -2.42. The number of hydrogen-bond acceptors (Lipinski definition) is 32. The molecule has 15 saturated heterocycles. The number of aliphatic hydroxyl groups excluding tert-OH is 6. The first-order chi connectivity index (χ1) is 54.9. The number of carbonyl (C=O) groups excluding carboxylic acids is 2. The topological polar surface area (TPSA) is 377 Å². The largest absolute Gasteiger partial charge is 0.394 e. The average molecular weight is 1690 g/mol. The van der Waals surface area contributed by atoms with Crippen molar-refractivity contribution < 1.29 is 154 Å². The summed E-state index contributed by atoms with van der Waals surface area (Å²) in [6, 6.07) is 18.5. The van der Waals surface area contributed by atoms with Gasteiger partial charge in [0.15, 0.2) is 108 Å². The number of benzene rings is 2. The number of carbonyl (C=O) groups is 2. The molecule has 0 bridgehead atoms. The molecule has 0 aliphatic carbocycles. The molecule has 15 aliphatic rings. The standard InChI is InChI=1S/C13H22O5.C12H20O6.C10H18O5.C10H18O3.2C9H16O4.2C8H8O.C7H14O3/c1-7-9(8-6-14-12(2,3)16-8)15-11-10(7)17-13(4,5)18-11;1-11(2)14-5-6(16-11)8-7(13)9-10(15-8)18-12(3,4)17-9;1-5-7(6(12)4-11)13-9-8(5)14-10(2,3)15-9;1-5-7-6(2)8-9(11-7)13-10(3,4)12-8;1-5-6-8(11-7(5)10-4)13-9(2,3)12-6;1-5-6(4-10)11-8-7(5)12-9(2,3)13-8;2*1-7(9)8-5-3-2-4-6-8;1-3-5-4(2)6(8)7(9)10-5/h7-11H,6H2,1-5H3;6-10,13H,5H2,1-4H3;5-9,11-12H,4H2,1-3H3;6-9H,5H2,1-4H3;5-8H,1-4H3;5-8,10H,4H2,1-3H3;2*2-6H,1H3;4-9H,3H2,1-2H3/t7-,8-,9?,10+,11+;6-,7-,8?,9+,10+;5-,6-,7?,8+,9+;6-,7?,8+,9+;5-,6-,7+,8-;5-,6?,7+,8+;;;4-,5?,6+,7?/m000010..0/s1. The van der Waals surface area contributed by atoms with Gasteiger partial charge >= 0.3 is 0 Å². The summed E-state index contributed by atoms with van der Waals surface area (Å²) in [4.78, 5) is 21.3. The van der Waals surface area contributed by atoms with Crippen molar-refractivity contribution in [3.05, 3.63) is 71.8 Å². The second-order valence-corrected chi connectivity index (χ2v) is 36.2. The Morgan fingerprint density at radius 3 is 1.03 bits per heavy atom. The third-order valence-electron chi connectivity index (χ3n) is 22.9. The van der Waals surface area contributed by atoms with E-state index < -0.39 is 102 Å².